The van der Waals surface area contributed by atoms with Crippen LogP contribution in [-0.2, 0) is 14.6 Å². The lowest BCUT2D eigenvalue weighted by atomic mass is 10.3. The lowest BCUT2D eigenvalue weighted by Crippen LogP contribution is -2.38. The van der Waals surface area contributed by atoms with Gasteiger partial charge in [-0.15, -0.1) is 10.2 Å². The number of fused-ring (bicyclic) bond motifs is 1. The molecule has 1 N–H and O–H groups in total. The van der Waals surface area contributed by atoms with Gasteiger partial charge in [0.15, 0.2) is 5.65 Å². The maximum Gasteiger partial charge on any atom is 0.254 e. The number of amides is 1. The number of hydrogen-bond acceptors (Lipinski definition) is 5. The van der Waals surface area contributed by atoms with Crippen LogP contribution in [0.4, 0.5) is 0 Å². The van der Waals surface area contributed by atoms with Crippen molar-refractivity contribution < 1.29 is 13.2 Å². The maximum absolute atomic E-state index is 12.5. The molecule has 0 aliphatic rings. The summed E-state index contributed by atoms with van der Waals surface area (Å²) >= 11 is 0. The SMILES string of the molecule is CCCCNC(=O)[C@@H](C)S(=O)(=O)c1nnc2ccccn12. The van der Waals surface area contributed by atoms with Gasteiger partial charge in [0, 0.05) is 12.7 Å². The van der Waals surface area contributed by atoms with Crippen LogP contribution in [0.1, 0.15) is 26.7 Å². The quantitative estimate of drug-likeness (QED) is 0.797. The van der Waals surface area contributed by atoms with Crippen LogP contribution in [0.2, 0.25) is 0 Å². The zero-order valence-electron chi connectivity index (χ0n) is 12.0. The van der Waals surface area contributed by atoms with Crippen molar-refractivity contribution in [2.75, 3.05) is 6.54 Å². The molecule has 2 aromatic rings. The lowest BCUT2D eigenvalue weighted by Gasteiger charge is -2.11. The van der Waals surface area contributed by atoms with Gasteiger partial charge in [-0.3, -0.25) is 9.20 Å². The van der Waals surface area contributed by atoms with E-state index >= 15 is 0 Å². The second-order valence-electron chi connectivity index (χ2n) is 4.74. The normalized spacial score (nSPS) is 13.2. The Balaban J connectivity index is 2.27. The van der Waals surface area contributed by atoms with Crippen molar-refractivity contribution in [3.05, 3.63) is 24.4 Å². The zero-order valence-corrected chi connectivity index (χ0v) is 12.8. The maximum atomic E-state index is 12.5. The molecule has 7 nitrogen and oxygen atoms in total. The third-order valence-corrected chi connectivity index (χ3v) is 5.13. The lowest BCUT2D eigenvalue weighted by molar-refractivity contribution is -0.120. The number of nitrogens with zero attached hydrogens (tertiary/aromatic N) is 3. The monoisotopic (exact) mass is 310 g/mol. The van der Waals surface area contributed by atoms with E-state index < -0.39 is 21.0 Å². The number of unbranched alkanes of at least 4 members (excludes halogenated alkanes) is 1. The van der Waals surface area contributed by atoms with E-state index in [9.17, 15) is 13.2 Å². The highest BCUT2D eigenvalue weighted by Crippen LogP contribution is 2.15. The molecular formula is C13H18N4O3S. The molecule has 0 bridgehead atoms. The molecule has 21 heavy (non-hydrogen) atoms. The van der Waals surface area contributed by atoms with Crippen molar-refractivity contribution >= 4 is 21.4 Å². The summed E-state index contributed by atoms with van der Waals surface area (Å²) in [5.41, 5.74) is 0.426. The summed E-state index contributed by atoms with van der Waals surface area (Å²) in [6.45, 7) is 3.82. The zero-order chi connectivity index (χ0) is 15.5. The van der Waals surface area contributed by atoms with Crippen LogP contribution < -0.4 is 5.32 Å². The second kappa shape index (κ2) is 6.21. The molecular weight excluding hydrogens is 292 g/mol. The van der Waals surface area contributed by atoms with Crippen LogP contribution in [0.15, 0.2) is 29.6 Å². The van der Waals surface area contributed by atoms with Gasteiger partial charge in [0.25, 0.3) is 5.16 Å². The number of hydrogen-bond donors (Lipinski definition) is 1. The first-order valence-electron chi connectivity index (χ1n) is 6.80. The molecule has 8 heteroatoms. The van der Waals surface area contributed by atoms with Gasteiger partial charge in [-0.25, -0.2) is 8.42 Å². The minimum atomic E-state index is -3.88. The summed E-state index contributed by atoms with van der Waals surface area (Å²) in [6, 6.07) is 5.07. The Morgan fingerprint density at radius 2 is 2.14 bits per heavy atom. The van der Waals surface area contributed by atoms with E-state index in [2.05, 4.69) is 15.5 Å². The molecule has 0 aromatic carbocycles. The van der Waals surface area contributed by atoms with Crippen molar-refractivity contribution in [2.24, 2.45) is 0 Å². The fraction of sp³-hybridized carbons (Fsp3) is 0.462. The molecule has 2 aromatic heterocycles. The smallest absolute Gasteiger partial charge is 0.254 e. The van der Waals surface area contributed by atoms with Crippen LogP contribution in [-0.4, -0.2) is 40.7 Å². The second-order valence-corrected chi connectivity index (χ2v) is 6.91. The standard InChI is InChI=1S/C13H18N4O3S/c1-3-4-8-14-12(18)10(2)21(19,20)13-16-15-11-7-5-6-9-17(11)13/h5-7,9-10H,3-4,8H2,1-2H3,(H,14,18)/t10-/m1/s1. The Bertz CT molecular complexity index is 739. The molecule has 0 radical (unpaired) electrons. The van der Waals surface area contributed by atoms with Crippen LogP contribution >= 0.6 is 0 Å². The van der Waals surface area contributed by atoms with E-state index in [0.29, 0.717) is 12.2 Å². The Labute approximate surface area is 123 Å². The van der Waals surface area contributed by atoms with E-state index in [-0.39, 0.29) is 5.16 Å². The summed E-state index contributed by atoms with van der Waals surface area (Å²) in [6.07, 6.45) is 3.30. The summed E-state index contributed by atoms with van der Waals surface area (Å²) in [5, 5.41) is 8.72. The van der Waals surface area contributed by atoms with Crippen LogP contribution in [0, 0.1) is 0 Å². The van der Waals surface area contributed by atoms with Crippen molar-refractivity contribution in [3.8, 4) is 0 Å². The number of carbonyl (C=O) groups is 1. The molecule has 0 spiro atoms. The van der Waals surface area contributed by atoms with E-state index in [1.54, 1.807) is 24.4 Å². The Morgan fingerprint density at radius 1 is 1.38 bits per heavy atom. The molecule has 2 rings (SSSR count). The number of aromatic nitrogens is 3. The van der Waals surface area contributed by atoms with Gasteiger partial charge in [-0.1, -0.05) is 19.4 Å². The highest BCUT2D eigenvalue weighted by Gasteiger charge is 2.33. The average Bonchev–Trinajstić information content (AvgIpc) is 2.91. The third kappa shape index (κ3) is 3.05. The molecule has 1 amide bonds. The van der Waals surface area contributed by atoms with Gasteiger partial charge < -0.3 is 5.32 Å². The predicted octanol–water partition coefficient (Wildman–Crippen LogP) is 0.808. The van der Waals surface area contributed by atoms with Gasteiger partial charge in [-0.05, 0) is 25.5 Å². The first-order chi connectivity index (χ1) is 9.98. The molecule has 0 aliphatic heterocycles. The van der Waals surface area contributed by atoms with Crippen LogP contribution in [0.25, 0.3) is 5.65 Å². The van der Waals surface area contributed by atoms with Crippen molar-refractivity contribution in [2.45, 2.75) is 37.1 Å². The summed E-state index contributed by atoms with van der Waals surface area (Å²) < 4.78 is 26.4. The average molecular weight is 310 g/mol. The number of carbonyl (C=O) groups excluding carboxylic acids is 1. The molecule has 1 atom stereocenters. The van der Waals surface area contributed by atoms with Gasteiger partial charge in [0.1, 0.15) is 5.25 Å². The van der Waals surface area contributed by atoms with E-state index in [0.717, 1.165) is 12.8 Å². The topological polar surface area (TPSA) is 93.4 Å². The Hall–Kier alpha value is -1.96. The van der Waals surface area contributed by atoms with Crippen molar-refractivity contribution in [3.63, 3.8) is 0 Å². The van der Waals surface area contributed by atoms with Gasteiger partial charge in [0.05, 0.1) is 0 Å². The number of sulfone groups is 1. The minimum Gasteiger partial charge on any atom is -0.355 e. The number of rotatable bonds is 6. The summed E-state index contributed by atoms with van der Waals surface area (Å²) in [7, 11) is -3.88. The fourth-order valence-corrected chi connectivity index (χ4v) is 3.11. The molecule has 0 saturated carbocycles. The van der Waals surface area contributed by atoms with Gasteiger partial charge in [-0.2, -0.15) is 0 Å². The largest absolute Gasteiger partial charge is 0.355 e. The van der Waals surface area contributed by atoms with Crippen LogP contribution in [0.3, 0.4) is 0 Å². The van der Waals surface area contributed by atoms with E-state index in [1.807, 2.05) is 6.92 Å². The molecule has 0 saturated heterocycles. The summed E-state index contributed by atoms with van der Waals surface area (Å²) in [5.74, 6) is -0.517. The third-order valence-electron chi connectivity index (χ3n) is 3.20. The van der Waals surface area contributed by atoms with Crippen molar-refractivity contribution in [1.29, 1.82) is 0 Å². The highest BCUT2D eigenvalue weighted by molar-refractivity contribution is 7.92. The number of nitrogens with one attached hydrogen (secondary N) is 1. The summed E-state index contributed by atoms with van der Waals surface area (Å²) in [4.78, 5) is 11.9. The minimum absolute atomic E-state index is 0.212. The highest BCUT2D eigenvalue weighted by atomic mass is 32.2. The van der Waals surface area contributed by atoms with Gasteiger partial charge in [0.2, 0.25) is 15.7 Å². The molecule has 0 aliphatic carbocycles. The van der Waals surface area contributed by atoms with E-state index in [1.165, 1.54) is 11.3 Å². The first kappa shape index (κ1) is 15.4. The molecule has 114 valence electrons. The first-order valence-corrected chi connectivity index (χ1v) is 8.34. The molecule has 2 heterocycles. The van der Waals surface area contributed by atoms with Gasteiger partial charge >= 0.3 is 0 Å². The van der Waals surface area contributed by atoms with Crippen LogP contribution in [0.5, 0.6) is 0 Å². The Morgan fingerprint density at radius 3 is 2.86 bits per heavy atom. The number of pyridine rings is 1. The van der Waals surface area contributed by atoms with Crippen molar-refractivity contribution in [1.82, 2.24) is 19.9 Å². The predicted molar refractivity (Wildman–Crippen MR) is 77.6 cm³/mol. The Kier molecular flexibility index (Phi) is 4.56. The molecule has 0 unspecified atom stereocenters. The fourth-order valence-electron chi connectivity index (χ4n) is 1.84. The molecule has 0 fully saturated rings. The van der Waals surface area contributed by atoms with E-state index in [4.69, 9.17) is 0 Å².